The SMILES string of the molecule is [CH2]CN1CCC(C(C)=O)CC1. The third-order valence-corrected chi connectivity index (χ3v) is 2.48. The number of carbonyl (C=O) groups excluding carboxylic acids is 1. The number of carbonyl (C=O) groups is 1. The summed E-state index contributed by atoms with van der Waals surface area (Å²) in [5, 5.41) is 0. The zero-order valence-corrected chi connectivity index (χ0v) is 7.18. The second-order valence-electron chi connectivity index (χ2n) is 3.23. The van der Waals surface area contributed by atoms with Crippen LogP contribution in [-0.2, 0) is 4.79 Å². The summed E-state index contributed by atoms with van der Waals surface area (Å²) in [4.78, 5) is 13.3. The Morgan fingerprint density at radius 3 is 2.45 bits per heavy atom. The Balaban J connectivity index is 2.30. The van der Waals surface area contributed by atoms with E-state index in [9.17, 15) is 4.79 Å². The van der Waals surface area contributed by atoms with Crippen LogP contribution in [0.3, 0.4) is 0 Å². The van der Waals surface area contributed by atoms with Crippen LogP contribution in [0.2, 0.25) is 0 Å². The third-order valence-electron chi connectivity index (χ3n) is 2.48. The molecule has 1 heterocycles. The van der Waals surface area contributed by atoms with Crippen LogP contribution < -0.4 is 0 Å². The van der Waals surface area contributed by atoms with Gasteiger partial charge >= 0.3 is 0 Å². The number of piperidine rings is 1. The van der Waals surface area contributed by atoms with Crippen molar-refractivity contribution in [2.75, 3.05) is 19.6 Å². The molecule has 0 aromatic heterocycles. The van der Waals surface area contributed by atoms with Crippen LogP contribution in [0.5, 0.6) is 0 Å². The summed E-state index contributed by atoms with van der Waals surface area (Å²) in [6.45, 7) is 8.50. The monoisotopic (exact) mass is 154 g/mol. The molecule has 1 radical (unpaired) electrons. The molecular formula is C9H16NO. The fourth-order valence-corrected chi connectivity index (χ4v) is 1.56. The Morgan fingerprint density at radius 1 is 1.55 bits per heavy atom. The summed E-state index contributed by atoms with van der Waals surface area (Å²) in [5.41, 5.74) is 0. The first-order chi connectivity index (χ1) is 5.24. The topological polar surface area (TPSA) is 20.3 Å². The molecule has 0 aliphatic carbocycles. The largest absolute Gasteiger partial charge is 0.303 e. The average molecular weight is 154 g/mol. The number of nitrogens with zero attached hydrogens (tertiary/aromatic N) is 1. The third kappa shape index (κ3) is 2.29. The van der Waals surface area contributed by atoms with Gasteiger partial charge in [-0.15, -0.1) is 0 Å². The lowest BCUT2D eigenvalue weighted by atomic mass is 9.93. The maximum Gasteiger partial charge on any atom is 0.133 e. The van der Waals surface area contributed by atoms with Crippen LogP contribution in [-0.4, -0.2) is 30.3 Å². The molecule has 0 N–H and O–H groups in total. The van der Waals surface area contributed by atoms with Crippen LogP contribution in [0.25, 0.3) is 0 Å². The number of likely N-dealkylation sites (tertiary alicyclic amines) is 1. The predicted octanol–water partition coefficient (Wildman–Crippen LogP) is 1.12. The Kier molecular flexibility index (Phi) is 3.06. The van der Waals surface area contributed by atoms with Crippen LogP contribution >= 0.6 is 0 Å². The van der Waals surface area contributed by atoms with Crippen molar-refractivity contribution in [3.05, 3.63) is 6.92 Å². The van der Waals surface area contributed by atoms with Gasteiger partial charge in [-0.2, -0.15) is 0 Å². The van der Waals surface area contributed by atoms with E-state index in [-0.39, 0.29) is 0 Å². The van der Waals surface area contributed by atoms with Gasteiger partial charge < -0.3 is 4.90 Å². The molecule has 1 rings (SSSR count). The molecule has 0 amide bonds. The molecule has 1 saturated heterocycles. The summed E-state index contributed by atoms with van der Waals surface area (Å²) in [5.74, 6) is 0.687. The Bertz CT molecular complexity index is 136. The predicted molar refractivity (Wildman–Crippen MR) is 45.2 cm³/mol. The first-order valence-corrected chi connectivity index (χ1v) is 4.26. The van der Waals surface area contributed by atoms with Crippen molar-refractivity contribution in [1.29, 1.82) is 0 Å². The first-order valence-electron chi connectivity index (χ1n) is 4.26. The lowest BCUT2D eigenvalue weighted by molar-refractivity contribution is -0.122. The highest BCUT2D eigenvalue weighted by Crippen LogP contribution is 2.16. The van der Waals surface area contributed by atoms with Crippen molar-refractivity contribution in [2.24, 2.45) is 5.92 Å². The van der Waals surface area contributed by atoms with Crippen molar-refractivity contribution in [3.63, 3.8) is 0 Å². The minimum atomic E-state index is 0.331. The van der Waals surface area contributed by atoms with Gasteiger partial charge in [-0.25, -0.2) is 0 Å². The first kappa shape index (κ1) is 8.72. The highest BCUT2D eigenvalue weighted by Gasteiger charge is 2.20. The smallest absolute Gasteiger partial charge is 0.133 e. The summed E-state index contributed by atoms with van der Waals surface area (Å²) in [6.07, 6.45) is 2.07. The van der Waals surface area contributed by atoms with Gasteiger partial charge in [0.15, 0.2) is 0 Å². The Labute approximate surface area is 68.6 Å². The second-order valence-corrected chi connectivity index (χ2v) is 3.23. The zero-order chi connectivity index (χ0) is 8.27. The summed E-state index contributed by atoms with van der Waals surface area (Å²) < 4.78 is 0. The number of ketones is 1. The second kappa shape index (κ2) is 3.86. The lowest BCUT2D eigenvalue weighted by Gasteiger charge is -2.29. The molecule has 0 atom stereocenters. The molecule has 1 aliphatic rings. The van der Waals surface area contributed by atoms with Gasteiger partial charge in [0.2, 0.25) is 0 Å². The number of Topliss-reactive ketones (excluding diaryl/α,β-unsaturated/α-hetero) is 1. The van der Waals surface area contributed by atoms with Crippen molar-refractivity contribution < 1.29 is 4.79 Å². The van der Waals surface area contributed by atoms with E-state index in [0.29, 0.717) is 11.7 Å². The van der Waals surface area contributed by atoms with E-state index in [1.54, 1.807) is 6.92 Å². The standard InChI is InChI=1S/C9H16NO/c1-3-10-6-4-9(5-7-10)8(2)11/h9H,1,3-7H2,2H3. The van der Waals surface area contributed by atoms with Gasteiger partial charge in [0, 0.05) is 5.92 Å². The van der Waals surface area contributed by atoms with E-state index in [4.69, 9.17) is 0 Å². The fourth-order valence-electron chi connectivity index (χ4n) is 1.56. The minimum absolute atomic E-state index is 0.331. The van der Waals surface area contributed by atoms with Crippen LogP contribution in [0.4, 0.5) is 0 Å². The van der Waals surface area contributed by atoms with Gasteiger partial charge in [0.25, 0.3) is 0 Å². The quantitative estimate of drug-likeness (QED) is 0.594. The molecule has 1 fully saturated rings. The number of rotatable bonds is 2. The molecule has 1 aliphatic heterocycles. The Morgan fingerprint density at radius 2 is 2.09 bits per heavy atom. The molecule has 0 aromatic rings. The molecule has 11 heavy (non-hydrogen) atoms. The van der Waals surface area contributed by atoms with E-state index in [0.717, 1.165) is 32.5 Å². The average Bonchev–Trinajstić information content (AvgIpc) is 2.05. The van der Waals surface area contributed by atoms with Crippen molar-refractivity contribution in [1.82, 2.24) is 4.90 Å². The molecular weight excluding hydrogens is 138 g/mol. The molecule has 63 valence electrons. The van der Waals surface area contributed by atoms with Crippen molar-refractivity contribution in [2.45, 2.75) is 19.8 Å². The van der Waals surface area contributed by atoms with E-state index < -0.39 is 0 Å². The van der Waals surface area contributed by atoms with Gasteiger partial charge in [-0.05, 0) is 46.3 Å². The normalized spacial score (nSPS) is 22.0. The van der Waals surface area contributed by atoms with E-state index in [1.807, 2.05) is 0 Å². The van der Waals surface area contributed by atoms with Crippen LogP contribution in [0.15, 0.2) is 0 Å². The van der Waals surface area contributed by atoms with Gasteiger partial charge in [-0.1, -0.05) is 0 Å². The molecule has 0 unspecified atom stereocenters. The Hall–Kier alpha value is -0.370. The van der Waals surface area contributed by atoms with Crippen molar-refractivity contribution in [3.8, 4) is 0 Å². The van der Waals surface area contributed by atoms with E-state index in [1.165, 1.54) is 0 Å². The molecule has 2 heteroatoms. The van der Waals surface area contributed by atoms with Gasteiger partial charge in [0.05, 0.1) is 0 Å². The highest BCUT2D eigenvalue weighted by atomic mass is 16.1. The van der Waals surface area contributed by atoms with Gasteiger partial charge in [-0.3, -0.25) is 4.79 Å². The van der Waals surface area contributed by atoms with Crippen LogP contribution in [0.1, 0.15) is 19.8 Å². The fraction of sp³-hybridized carbons (Fsp3) is 0.778. The summed E-state index contributed by atoms with van der Waals surface area (Å²) in [7, 11) is 0. The number of hydrogen-bond acceptors (Lipinski definition) is 2. The molecule has 0 bridgehead atoms. The molecule has 2 nitrogen and oxygen atoms in total. The molecule has 0 spiro atoms. The van der Waals surface area contributed by atoms with Crippen LogP contribution in [0, 0.1) is 12.8 Å². The summed E-state index contributed by atoms with van der Waals surface area (Å²) >= 11 is 0. The van der Waals surface area contributed by atoms with Gasteiger partial charge in [0.1, 0.15) is 5.78 Å². The molecule has 0 aromatic carbocycles. The van der Waals surface area contributed by atoms with E-state index >= 15 is 0 Å². The zero-order valence-electron chi connectivity index (χ0n) is 7.18. The maximum atomic E-state index is 11.0. The maximum absolute atomic E-state index is 11.0. The minimum Gasteiger partial charge on any atom is -0.303 e. The summed E-state index contributed by atoms with van der Waals surface area (Å²) in [6, 6.07) is 0. The molecule has 0 saturated carbocycles. The van der Waals surface area contributed by atoms with E-state index in [2.05, 4.69) is 11.8 Å². The number of hydrogen-bond donors (Lipinski definition) is 0. The lowest BCUT2D eigenvalue weighted by Crippen LogP contribution is -2.35. The van der Waals surface area contributed by atoms with Crippen molar-refractivity contribution >= 4 is 5.78 Å². The highest BCUT2D eigenvalue weighted by molar-refractivity contribution is 5.78.